The van der Waals surface area contributed by atoms with Crippen LogP contribution in [-0.2, 0) is 0 Å². The molecule has 2 aromatic rings. The SMILES string of the molecule is Cc1ccc(-c2ccccn2)[nH]c1=O. The molecule has 0 saturated heterocycles. The van der Waals surface area contributed by atoms with Crippen LogP contribution >= 0.6 is 0 Å². The van der Waals surface area contributed by atoms with Crippen molar-refractivity contribution in [1.82, 2.24) is 9.97 Å². The summed E-state index contributed by atoms with van der Waals surface area (Å²) in [4.78, 5) is 18.3. The molecule has 0 aliphatic carbocycles. The van der Waals surface area contributed by atoms with Crippen LogP contribution in [0.3, 0.4) is 0 Å². The standard InChI is InChI=1S/C11H10N2O/c1-8-5-6-10(13-11(8)14)9-4-2-3-7-12-9/h2-7H,1H3,(H,13,14). The van der Waals surface area contributed by atoms with Gasteiger partial charge in [-0.1, -0.05) is 12.1 Å². The predicted molar refractivity (Wildman–Crippen MR) is 55.0 cm³/mol. The van der Waals surface area contributed by atoms with Crippen molar-refractivity contribution in [2.45, 2.75) is 6.92 Å². The van der Waals surface area contributed by atoms with Crippen LogP contribution in [0.25, 0.3) is 11.4 Å². The summed E-state index contributed by atoms with van der Waals surface area (Å²) in [6, 6.07) is 9.25. The number of nitrogens with zero attached hydrogens (tertiary/aromatic N) is 1. The average molecular weight is 186 g/mol. The molecule has 0 aromatic carbocycles. The van der Waals surface area contributed by atoms with Gasteiger partial charge in [-0.2, -0.15) is 0 Å². The van der Waals surface area contributed by atoms with E-state index >= 15 is 0 Å². The van der Waals surface area contributed by atoms with Gasteiger partial charge in [0.2, 0.25) is 0 Å². The Morgan fingerprint density at radius 2 is 2.07 bits per heavy atom. The highest BCUT2D eigenvalue weighted by atomic mass is 16.1. The highest BCUT2D eigenvalue weighted by molar-refractivity contribution is 5.53. The zero-order chi connectivity index (χ0) is 9.97. The van der Waals surface area contributed by atoms with Crippen LogP contribution in [-0.4, -0.2) is 9.97 Å². The van der Waals surface area contributed by atoms with E-state index in [0.29, 0.717) is 5.56 Å². The van der Waals surface area contributed by atoms with E-state index in [-0.39, 0.29) is 5.56 Å². The Kier molecular flexibility index (Phi) is 2.14. The zero-order valence-electron chi connectivity index (χ0n) is 7.82. The molecule has 0 aliphatic rings. The predicted octanol–water partition coefficient (Wildman–Crippen LogP) is 1.75. The molecule has 0 spiro atoms. The van der Waals surface area contributed by atoms with Crippen molar-refractivity contribution in [2.75, 3.05) is 0 Å². The monoisotopic (exact) mass is 186 g/mol. The molecule has 0 unspecified atom stereocenters. The van der Waals surface area contributed by atoms with Gasteiger partial charge in [-0.25, -0.2) is 0 Å². The summed E-state index contributed by atoms with van der Waals surface area (Å²) in [6.07, 6.45) is 1.70. The minimum Gasteiger partial charge on any atom is -0.320 e. The largest absolute Gasteiger partial charge is 0.320 e. The second kappa shape index (κ2) is 3.46. The first-order chi connectivity index (χ1) is 6.77. The van der Waals surface area contributed by atoms with Crippen molar-refractivity contribution >= 4 is 0 Å². The third-order valence-corrected chi connectivity index (χ3v) is 2.05. The van der Waals surface area contributed by atoms with Crippen LogP contribution in [0.1, 0.15) is 5.56 Å². The van der Waals surface area contributed by atoms with Crippen molar-refractivity contribution in [3.8, 4) is 11.4 Å². The van der Waals surface area contributed by atoms with Gasteiger partial charge in [0.05, 0.1) is 11.4 Å². The Morgan fingerprint density at radius 1 is 1.21 bits per heavy atom. The Labute approximate surface area is 81.5 Å². The second-order valence-corrected chi connectivity index (χ2v) is 3.10. The summed E-state index contributed by atoms with van der Waals surface area (Å²) in [5, 5.41) is 0. The molecule has 14 heavy (non-hydrogen) atoms. The molecule has 0 saturated carbocycles. The van der Waals surface area contributed by atoms with E-state index in [1.54, 1.807) is 19.2 Å². The maximum atomic E-state index is 11.3. The van der Waals surface area contributed by atoms with Crippen molar-refractivity contribution in [3.63, 3.8) is 0 Å². The topological polar surface area (TPSA) is 45.8 Å². The Bertz CT molecular complexity index is 488. The molecule has 2 aromatic heterocycles. The molecule has 0 bridgehead atoms. The third kappa shape index (κ3) is 1.57. The van der Waals surface area contributed by atoms with Crippen molar-refractivity contribution in [2.24, 2.45) is 0 Å². The first kappa shape index (κ1) is 8.69. The number of nitrogens with one attached hydrogen (secondary N) is 1. The summed E-state index contributed by atoms with van der Waals surface area (Å²) in [5.41, 5.74) is 2.18. The van der Waals surface area contributed by atoms with E-state index in [0.717, 1.165) is 11.4 Å². The van der Waals surface area contributed by atoms with Gasteiger partial charge in [-0.3, -0.25) is 9.78 Å². The first-order valence-corrected chi connectivity index (χ1v) is 4.39. The lowest BCUT2D eigenvalue weighted by Crippen LogP contribution is -2.09. The van der Waals surface area contributed by atoms with E-state index in [2.05, 4.69) is 9.97 Å². The van der Waals surface area contributed by atoms with Crippen LogP contribution in [0.2, 0.25) is 0 Å². The third-order valence-electron chi connectivity index (χ3n) is 2.05. The lowest BCUT2D eigenvalue weighted by molar-refractivity contribution is 1.16. The minimum atomic E-state index is -0.0619. The lowest BCUT2D eigenvalue weighted by atomic mass is 10.2. The van der Waals surface area contributed by atoms with Gasteiger partial charge < -0.3 is 4.98 Å². The highest BCUT2D eigenvalue weighted by Crippen LogP contribution is 2.10. The Hall–Kier alpha value is -1.90. The number of H-pyrrole nitrogens is 1. The van der Waals surface area contributed by atoms with Crippen LogP contribution < -0.4 is 5.56 Å². The first-order valence-electron chi connectivity index (χ1n) is 4.39. The van der Waals surface area contributed by atoms with Crippen molar-refractivity contribution in [1.29, 1.82) is 0 Å². The number of pyridine rings is 2. The molecule has 0 aliphatic heterocycles. The number of hydrogen-bond donors (Lipinski definition) is 1. The summed E-state index contributed by atoms with van der Waals surface area (Å²) in [5.74, 6) is 0. The lowest BCUT2D eigenvalue weighted by Gasteiger charge is -1.99. The van der Waals surface area contributed by atoms with Gasteiger partial charge in [0.15, 0.2) is 0 Å². The molecule has 0 amide bonds. The fraction of sp³-hybridized carbons (Fsp3) is 0.0909. The van der Waals surface area contributed by atoms with Gasteiger partial charge >= 0.3 is 0 Å². The maximum Gasteiger partial charge on any atom is 0.251 e. The number of aryl methyl sites for hydroxylation is 1. The fourth-order valence-corrected chi connectivity index (χ4v) is 1.22. The number of hydrogen-bond acceptors (Lipinski definition) is 2. The summed E-state index contributed by atoms with van der Waals surface area (Å²) in [7, 11) is 0. The van der Waals surface area contributed by atoms with Crippen LogP contribution in [0.15, 0.2) is 41.3 Å². The molecular formula is C11H10N2O. The number of aromatic amines is 1. The van der Waals surface area contributed by atoms with Gasteiger partial charge in [0, 0.05) is 11.8 Å². The number of aromatic nitrogens is 2. The van der Waals surface area contributed by atoms with Crippen LogP contribution in [0, 0.1) is 6.92 Å². The van der Waals surface area contributed by atoms with E-state index in [4.69, 9.17) is 0 Å². The molecule has 2 rings (SSSR count). The van der Waals surface area contributed by atoms with Crippen molar-refractivity contribution in [3.05, 3.63) is 52.4 Å². The Balaban J connectivity index is 2.54. The Morgan fingerprint density at radius 3 is 2.71 bits per heavy atom. The van der Waals surface area contributed by atoms with Gasteiger partial charge in [0.25, 0.3) is 5.56 Å². The molecule has 3 nitrogen and oxygen atoms in total. The van der Waals surface area contributed by atoms with Crippen LogP contribution in [0.5, 0.6) is 0 Å². The summed E-state index contributed by atoms with van der Waals surface area (Å²) in [6.45, 7) is 1.78. The fourth-order valence-electron chi connectivity index (χ4n) is 1.22. The van der Waals surface area contributed by atoms with Gasteiger partial charge in [-0.15, -0.1) is 0 Å². The van der Waals surface area contributed by atoms with Gasteiger partial charge in [-0.05, 0) is 25.1 Å². The molecule has 0 fully saturated rings. The second-order valence-electron chi connectivity index (χ2n) is 3.10. The van der Waals surface area contributed by atoms with E-state index in [9.17, 15) is 4.79 Å². The smallest absolute Gasteiger partial charge is 0.251 e. The molecular weight excluding hydrogens is 176 g/mol. The average Bonchev–Trinajstić information content (AvgIpc) is 2.23. The van der Waals surface area contributed by atoms with Crippen molar-refractivity contribution < 1.29 is 0 Å². The number of rotatable bonds is 1. The summed E-state index contributed by atoms with van der Waals surface area (Å²) < 4.78 is 0. The molecule has 70 valence electrons. The van der Waals surface area contributed by atoms with E-state index in [1.165, 1.54) is 0 Å². The quantitative estimate of drug-likeness (QED) is 0.737. The molecule has 0 radical (unpaired) electrons. The van der Waals surface area contributed by atoms with E-state index < -0.39 is 0 Å². The van der Waals surface area contributed by atoms with Crippen LogP contribution in [0.4, 0.5) is 0 Å². The maximum absolute atomic E-state index is 11.3. The molecule has 0 atom stereocenters. The molecule has 1 N–H and O–H groups in total. The zero-order valence-corrected chi connectivity index (χ0v) is 7.82. The normalized spacial score (nSPS) is 10.1. The highest BCUT2D eigenvalue weighted by Gasteiger charge is 1.99. The molecule has 3 heteroatoms. The molecule has 2 heterocycles. The minimum absolute atomic E-state index is 0.0619. The van der Waals surface area contributed by atoms with Gasteiger partial charge in [0.1, 0.15) is 0 Å². The van der Waals surface area contributed by atoms with E-state index in [1.807, 2.05) is 24.3 Å². The summed E-state index contributed by atoms with van der Waals surface area (Å²) >= 11 is 0.